The van der Waals surface area contributed by atoms with Gasteiger partial charge in [-0.1, -0.05) is 6.07 Å². The van der Waals surface area contributed by atoms with E-state index in [4.69, 9.17) is 9.47 Å². The lowest BCUT2D eigenvalue weighted by Gasteiger charge is -2.20. The molecule has 1 aromatic carbocycles. The summed E-state index contributed by atoms with van der Waals surface area (Å²) in [4.78, 5) is 20.2. The second-order valence-electron chi connectivity index (χ2n) is 6.43. The van der Waals surface area contributed by atoms with Gasteiger partial charge < -0.3 is 25.4 Å². The van der Waals surface area contributed by atoms with Crippen LogP contribution in [0.5, 0.6) is 11.5 Å². The van der Waals surface area contributed by atoms with Crippen molar-refractivity contribution in [2.45, 2.75) is 26.8 Å². The van der Waals surface area contributed by atoms with Gasteiger partial charge in [0.05, 0.1) is 24.8 Å². The Hall–Kier alpha value is -2.56. The van der Waals surface area contributed by atoms with Gasteiger partial charge >= 0.3 is 0 Å². The second-order valence-corrected chi connectivity index (χ2v) is 6.43. The van der Waals surface area contributed by atoms with Crippen molar-refractivity contribution in [2.75, 3.05) is 33.4 Å². The number of benzene rings is 1. The average molecular weight is 541 g/mol. The standard InChI is InChI=1S/C22H31N5O3.HI/c1-5-29-19-10-9-17(14-20(19)30-6-2)16(3)27-22(23-4)26-13-12-25-21(28)18-8-7-11-24-15-18;/h7-11,14-16H,5-6,12-13H2,1-4H3,(H,25,28)(H2,23,26,27);1H. The lowest BCUT2D eigenvalue weighted by Crippen LogP contribution is -2.42. The Kier molecular flexibility index (Phi) is 12.3. The van der Waals surface area contributed by atoms with Crippen molar-refractivity contribution >= 4 is 35.8 Å². The fraction of sp³-hybridized carbons (Fsp3) is 0.409. The van der Waals surface area contributed by atoms with Crippen LogP contribution in [0.2, 0.25) is 0 Å². The molecule has 1 amide bonds. The number of hydrogen-bond acceptors (Lipinski definition) is 5. The number of ether oxygens (including phenoxy) is 2. The van der Waals surface area contributed by atoms with Crippen molar-refractivity contribution in [3.63, 3.8) is 0 Å². The summed E-state index contributed by atoms with van der Waals surface area (Å²) in [5.74, 6) is 1.96. The molecule has 2 aromatic rings. The van der Waals surface area contributed by atoms with Crippen molar-refractivity contribution in [3.05, 3.63) is 53.9 Å². The molecule has 1 unspecified atom stereocenters. The molecule has 9 heteroatoms. The SMILES string of the molecule is CCOc1ccc(C(C)NC(=NC)NCCNC(=O)c2cccnc2)cc1OCC.I. The van der Waals surface area contributed by atoms with Gasteiger partial charge in [-0.2, -0.15) is 0 Å². The van der Waals surface area contributed by atoms with E-state index in [-0.39, 0.29) is 35.9 Å². The third kappa shape index (κ3) is 8.60. The number of nitrogens with one attached hydrogen (secondary N) is 3. The van der Waals surface area contributed by atoms with Crippen molar-refractivity contribution in [1.82, 2.24) is 20.9 Å². The van der Waals surface area contributed by atoms with E-state index in [1.54, 1.807) is 25.4 Å². The average Bonchev–Trinajstić information content (AvgIpc) is 2.77. The molecule has 0 aliphatic rings. The maximum atomic E-state index is 12.0. The van der Waals surface area contributed by atoms with Crippen LogP contribution in [0.3, 0.4) is 0 Å². The molecule has 0 saturated carbocycles. The third-order valence-electron chi connectivity index (χ3n) is 4.27. The smallest absolute Gasteiger partial charge is 0.252 e. The molecule has 31 heavy (non-hydrogen) atoms. The summed E-state index contributed by atoms with van der Waals surface area (Å²) in [6.45, 7) is 8.08. The number of pyridine rings is 1. The highest BCUT2D eigenvalue weighted by molar-refractivity contribution is 14.0. The molecule has 0 aliphatic heterocycles. The summed E-state index contributed by atoms with van der Waals surface area (Å²) < 4.78 is 11.3. The molecule has 2 rings (SSSR count). The van der Waals surface area contributed by atoms with Crippen molar-refractivity contribution < 1.29 is 14.3 Å². The molecule has 3 N–H and O–H groups in total. The number of carbonyl (C=O) groups is 1. The molecule has 170 valence electrons. The number of amides is 1. The quantitative estimate of drug-likeness (QED) is 0.185. The number of guanidine groups is 1. The summed E-state index contributed by atoms with van der Waals surface area (Å²) in [7, 11) is 1.71. The summed E-state index contributed by atoms with van der Waals surface area (Å²) in [6.07, 6.45) is 3.18. The van der Waals surface area contributed by atoms with Crippen LogP contribution >= 0.6 is 24.0 Å². The van der Waals surface area contributed by atoms with Crippen LogP contribution < -0.4 is 25.4 Å². The molecule has 0 fully saturated rings. The largest absolute Gasteiger partial charge is 0.490 e. The normalized spacial score (nSPS) is 11.7. The van der Waals surface area contributed by atoms with Gasteiger partial charge in [-0.15, -0.1) is 24.0 Å². The minimum atomic E-state index is -0.154. The zero-order valence-electron chi connectivity index (χ0n) is 18.5. The lowest BCUT2D eigenvalue weighted by atomic mass is 10.1. The van der Waals surface area contributed by atoms with Gasteiger partial charge in [0, 0.05) is 32.5 Å². The van der Waals surface area contributed by atoms with E-state index in [0.29, 0.717) is 37.8 Å². The van der Waals surface area contributed by atoms with Crippen molar-refractivity contribution in [2.24, 2.45) is 4.99 Å². The third-order valence-corrected chi connectivity index (χ3v) is 4.27. The lowest BCUT2D eigenvalue weighted by molar-refractivity contribution is 0.0954. The fourth-order valence-electron chi connectivity index (χ4n) is 2.78. The zero-order chi connectivity index (χ0) is 21.8. The van der Waals surface area contributed by atoms with Crippen molar-refractivity contribution in [1.29, 1.82) is 0 Å². The van der Waals surface area contributed by atoms with Crippen LogP contribution in [0.15, 0.2) is 47.7 Å². The van der Waals surface area contributed by atoms with E-state index in [1.807, 2.05) is 39.0 Å². The minimum absolute atomic E-state index is 0. The molecule has 0 radical (unpaired) electrons. The topological polar surface area (TPSA) is 96.9 Å². The molecule has 1 aromatic heterocycles. The summed E-state index contributed by atoms with van der Waals surface area (Å²) >= 11 is 0. The molecular formula is C22H32IN5O3. The minimum Gasteiger partial charge on any atom is -0.490 e. The van der Waals surface area contributed by atoms with Gasteiger partial charge in [0.2, 0.25) is 0 Å². The predicted molar refractivity (Wildman–Crippen MR) is 134 cm³/mol. The molecule has 0 saturated heterocycles. The zero-order valence-corrected chi connectivity index (χ0v) is 20.8. The van der Waals surface area contributed by atoms with E-state index >= 15 is 0 Å². The van der Waals surface area contributed by atoms with Gasteiger partial charge in [0.1, 0.15) is 0 Å². The van der Waals surface area contributed by atoms with E-state index in [9.17, 15) is 4.79 Å². The van der Waals surface area contributed by atoms with Gasteiger partial charge in [-0.25, -0.2) is 0 Å². The van der Waals surface area contributed by atoms with Gasteiger partial charge in [-0.05, 0) is 50.6 Å². The maximum absolute atomic E-state index is 12.0. The molecular weight excluding hydrogens is 509 g/mol. The molecule has 1 heterocycles. The molecule has 0 bridgehead atoms. The van der Waals surface area contributed by atoms with Crippen LogP contribution in [0.1, 0.15) is 42.7 Å². The highest BCUT2D eigenvalue weighted by atomic mass is 127. The number of aliphatic imine (C=N–C) groups is 1. The van der Waals surface area contributed by atoms with Gasteiger partial charge in [-0.3, -0.25) is 14.8 Å². The van der Waals surface area contributed by atoms with Crippen LogP contribution in [0, 0.1) is 0 Å². The van der Waals surface area contributed by atoms with E-state index in [2.05, 4.69) is 25.9 Å². The van der Waals surface area contributed by atoms with E-state index in [1.165, 1.54) is 6.20 Å². The Balaban J connectivity index is 0.00000480. The van der Waals surface area contributed by atoms with Gasteiger partial charge in [0.25, 0.3) is 5.91 Å². The first-order valence-corrected chi connectivity index (χ1v) is 10.1. The summed E-state index contributed by atoms with van der Waals surface area (Å²) in [5, 5.41) is 9.39. The Bertz CT molecular complexity index is 833. The van der Waals surface area contributed by atoms with Crippen LogP contribution in [-0.4, -0.2) is 50.2 Å². The van der Waals surface area contributed by atoms with Crippen LogP contribution in [0.25, 0.3) is 0 Å². The predicted octanol–water partition coefficient (Wildman–Crippen LogP) is 3.15. The Labute approximate surface area is 201 Å². The van der Waals surface area contributed by atoms with E-state index in [0.717, 1.165) is 17.1 Å². The second kappa shape index (κ2) is 14.4. The molecule has 8 nitrogen and oxygen atoms in total. The first kappa shape index (κ1) is 26.5. The number of aromatic nitrogens is 1. The number of hydrogen-bond donors (Lipinski definition) is 3. The molecule has 0 aliphatic carbocycles. The Morgan fingerprint density at radius 1 is 1.10 bits per heavy atom. The molecule has 0 spiro atoms. The monoisotopic (exact) mass is 541 g/mol. The fourth-order valence-corrected chi connectivity index (χ4v) is 2.78. The number of halogens is 1. The summed E-state index contributed by atoms with van der Waals surface area (Å²) in [5.41, 5.74) is 1.59. The van der Waals surface area contributed by atoms with Crippen LogP contribution in [0.4, 0.5) is 0 Å². The van der Waals surface area contributed by atoms with E-state index < -0.39 is 0 Å². The number of rotatable bonds is 10. The van der Waals surface area contributed by atoms with Crippen LogP contribution in [-0.2, 0) is 0 Å². The first-order valence-electron chi connectivity index (χ1n) is 10.1. The maximum Gasteiger partial charge on any atom is 0.252 e. The highest BCUT2D eigenvalue weighted by Crippen LogP contribution is 2.30. The Morgan fingerprint density at radius 3 is 2.45 bits per heavy atom. The summed E-state index contributed by atoms with van der Waals surface area (Å²) in [6, 6.07) is 9.37. The van der Waals surface area contributed by atoms with Gasteiger partial charge in [0.15, 0.2) is 17.5 Å². The highest BCUT2D eigenvalue weighted by Gasteiger charge is 2.12. The first-order chi connectivity index (χ1) is 14.6. The molecule has 1 atom stereocenters. The number of nitrogens with zero attached hydrogens (tertiary/aromatic N) is 2. The van der Waals surface area contributed by atoms with Crippen molar-refractivity contribution in [3.8, 4) is 11.5 Å². The number of carbonyl (C=O) groups excluding carboxylic acids is 1. The Morgan fingerprint density at radius 2 is 1.81 bits per heavy atom.